The number of phenols is 2. The fourth-order valence-electron chi connectivity index (χ4n) is 4.26. The predicted molar refractivity (Wildman–Crippen MR) is 132 cm³/mol. The molecule has 0 bridgehead atoms. The third-order valence-corrected chi connectivity index (χ3v) is 6.19. The van der Waals surface area contributed by atoms with Gasteiger partial charge in [0, 0.05) is 30.3 Å². The second-order valence-corrected chi connectivity index (χ2v) is 11.0. The van der Waals surface area contributed by atoms with Gasteiger partial charge in [0.15, 0.2) is 0 Å². The fraction of sp³-hybridized carbons (Fsp3) is 0.571. The lowest BCUT2D eigenvalue weighted by Gasteiger charge is -2.28. The van der Waals surface area contributed by atoms with Crippen molar-refractivity contribution in [3.05, 3.63) is 57.6 Å². The molecule has 0 saturated carbocycles. The number of phenolic OH excluding ortho intramolecular Hbond substituents is 2. The molecule has 0 spiro atoms. The molecule has 0 aliphatic carbocycles. The van der Waals surface area contributed by atoms with E-state index in [0.717, 1.165) is 46.2 Å². The molecule has 0 atom stereocenters. The van der Waals surface area contributed by atoms with Gasteiger partial charge in [-0.15, -0.1) is 0 Å². The Kier molecular flexibility index (Phi) is 8.41. The Bertz CT molecular complexity index is 841. The molecule has 0 aliphatic heterocycles. The monoisotopic (exact) mass is 442 g/mol. The average Bonchev–Trinajstić information content (AvgIpc) is 2.69. The number of rotatable bonds is 8. The van der Waals surface area contributed by atoms with Crippen LogP contribution in [0, 0.1) is 0 Å². The summed E-state index contributed by atoms with van der Waals surface area (Å²) >= 11 is 0. The van der Waals surface area contributed by atoms with Crippen molar-refractivity contribution in [3.8, 4) is 11.5 Å². The molecule has 178 valence electrons. The van der Waals surface area contributed by atoms with Crippen LogP contribution in [0.5, 0.6) is 11.5 Å². The summed E-state index contributed by atoms with van der Waals surface area (Å²) in [5.74, 6) is 0.325. The van der Waals surface area contributed by atoms with Crippen molar-refractivity contribution >= 4 is 0 Å². The maximum absolute atomic E-state index is 11.3. The SMILES string of the molecule is CC(c1cc(CCCO)cc(C(C)(C)C)c1O)c1cc(CCCO)cc(C(C)(C)C)c1O. The number of aliphatic hydroxyl groups is 2. The number of hydrogen-bond acceptors (Lipinski definition) is 4. The maximum atomic E-state index is 11.3. The van der Waals surface area contributed by atoms with Gasteiger partial charge in [0.05, 0.1) is 0 Å². The molecule has 0 fully saturated rings. The Morgan fingerprint density at radius 2 is 1.00 bits per heavy atom. The molecule has 0 aromatic heterocycles. The third kappa shape index (κ3) is 6.05. The fourth-order valence-corrected chi connectivity index (χ4v) is 4.26. The number of hydrogen-bond donors (Lipinski definition) is 4. The molecule has 4 N–H and O–H groups in total. The van der Waals surface area contributed by atoms with Crippen molar-refractivity contribution < 1.29 is 20.4 Å². The van der Waals surface area contributed by atoms with Crippen molar-refractivity contribution in [1.82, 2.24) is 0 Å². The van der Waals surface area contributed by atoms with Crippen LogP contribution in [0.2, 0.25) is 0 Å². The highest BCUT2D eigenvalue weighted by Gasteiger charge is 2.28. The van der Waals surface area contributed by atoms with Crippen molar-refractivity contribution in [2.45, 2.75) is 90.9 Å². The highest BCUT2D eigenvalue weighted by atomic mass is 16.3. The van der Waals surface area contributed by atoms with Gasteiger partial charge in [0.25, 0.3) is 0 Å². The van der Waals surface area contributed by atoms with Gasteiger partial charge in [-0.05, 0) is 58.8 Å². The molecule has 0 radical (unpaired) electrons. The Balaban J connectivity index is 2.71. The predicted octanol–water partition coefficient (Wildman–Crippen LogP) is 5.69. The van der Waals surface area contributed by atoms with Gasteiger partial charge in [-0.25, -0.2) is 0 Å². The number of aliphatic hydroxyl groups excluding tert-OH is 2. The van der Waals surface area contributed by atoms with Crippen molar-refractivity contribution in [1.29, 1.82) is 0 Å². The first-order chi connectivity index (χ1) is 14.8. The molecule has 2 rings (SSSR count). The Morgan fingerprint density at radius 3 is 1.28 bits per heavy atom. The van der Waals surface area contributed by atoms with Gasteiger partial charge in [0.2, 0.25) is 0 Å². The minimum Gasteiger partial charge on any atom is -0.507 e. The zero-order valence-corrected chi connectivity index (χ0v) is 20.9. The molecule has 0 amide bonds. The highest BCUT2D eigenvalue weighted by Crippen LogP contribution is 2.44. The van der Waals surface area contributed by atoms with E-state index in [1.54, 1.807) is 0 Å². The molecule has 0 unspecified atom stereocenters. The van der Waals surface area contributed by atoms with E-state index in [2.05, 4.69) is 41.5 Å². The summed E-state index contributed by atoms with van der Waals surface area (Å²) in [6.07, 6.45) is 2.79. The van der Waals surface area contributed by atoms with Gasteiger partial charge in [-0.2, -0.15) is 0 Å². The molecule has 0 saturated heterocycles. The first-order valence-electron chi connectivity index (χ1n) is 11.8. The third-order valence-electron chi connectivity index (χ3n) is 6.19. The van der Waals surface area contributed by atoms with Crippen LogP contribution in [-0.4, -0.2) is 33.6 Å². The van der Waals surface area contributed by atoms with Crippen LogP contribution in [0.1, 0.15) is 101 Å². The van der Waals surface area contributed by atoms with Crippen molar-refractivity contribution in [3.63, 3.8) is 0 Å². The second-order valence-electron chi connectivity index (χ2n) is 11.0. The van der Waals surface area contributed by atoms with E-state index >= 15 is 0 Å². The van der Waals surface area contributed by atoms with Gasteiger partial charge < -0.3 is 20.4 Å². The normalized spacial score (nSPS) is 12.6. The van der Waals surface area contributed by atoms with Gasteiger partial charge >= 0.3 is 0 Å². The minimum atomic E-state index is -0.241. The smallest absolute Gasteiger partial charge is 0.123 e. The molecule has 0 heterocycles. The minimum absolute atomic E-state index is 0.124. The molecule has 4 heteroatoms. The summed E-state index contributed by atoms with van der Waals surface area (Å²) in [5.41, 5.74) is 5.01. The summed E-state index contributed by atoms with van der Waals surface area (Å²) in [4.78, 5) is 0. The first kappa shape index (κ1) is 26.2. The number of benzene rings is 2. The lowest BCUT2D eigenvalue weighted by molar-refractivity contribution is 0.288. The zero-order chi connectivity index (χ0) is 24.3. The van der Waals surface area contributed by atoms with Crippen LogP contribution in [0.25, 0.3) is 0 Å². The van der Waals surface area contributed by atoms with E-state index in [1.165, 1.54) is 0 Å². The largest absolute Gasteiger partial charge is 0.507 e. The van der Waals surface area contributed by atoms with E-state index < -0.39 is 0 Å². The summed E-state index contributed by atoms with van der Waals surface area (Å²) in [5, 5.41) is 41.2. The van der Waals surface area contributed by atoms with E-state index in [1.807, 2.05) is 31.2 Å². The van der Waals surface area contributed by atoms with Gasteiger partial charge in [-0.3, -0.25) is 0 Å². The molecule has 4 nitrogen and oxygen atoms in total. The van der Waals surface area contributed by atoms with Crippen LogP contribution < -0.4 is 0 Å². The summed E-state index contributed by atoms with van der Waals surface area (Å²) in [7, 11) is 0. The van der Waals surface area contributed by atoms with E-state index in [0.29, 0.717) is 12.8 Å². The van der Waals surface area contributed by atoms with Crippen LogP contribution in [-0.2, 0) is 23.7 Å². The van der Waals surface area contributed by atoms with E-state index in [4.69, 9.17) is 0 Å². The summed E-state index contributed by atoms with van der Waals surface area (Å²) in [6.45, 7) is 14.8. The lowest BCUT2D eigenvalue weighted by atomic mass is 9.78. The van der Waals surface area contributed by atoms with Crippen molar-refractivity contribution in [2.75, 3.05) is 13.2 Å². The van der Waals surface area contributed by atoms with Crippen LogP contribution in [0.15, 0.2) is 24.3 Å². The molecule has 32 heavy (non-hydrogen) atoms. The Labute approximate surface area is 194 Å². The van der Waals surface area contributed by atoms with Crippen LogP contribution >= 0.6 is 0 Å². The molecule has 2 aromatic rings. The highest BCUT2D eigenvalue weighted by molar-refractivity contribution is 5.56. The average molecular weight is 443 g/mol. The van der Waals surface area contributed by atoms with E-state index in [9.17, 15) is 20.4 Å². The topological polar surface area (TPSA) is 80.9 Å². The van der Waals surface area contributed by atoms with Gasteiger partial charge in [0.1, 0.15) is 11.5 Å². The van der Waals surface area contributed by atoms with Crippen LogP contribution in [0.3, 0.4) is 0 Å². The van der Waals surface area contributed by atoms with Crippen LogP contribution in [0.4, 0.5) is 0 Å². The Morgan fingerprint density at radius 1 is 0.656 bits per heavy atom. The standard InChI is InChI=1S/C28H42O4/c1-18(21-14-19(10-8-12-29)16-23(25(21)31)27(2,3)4)22-15-20(11-9-13-30)17-24(26(22)32)28(5,6)7/h14-18,29-32H,8-13H2,1-7H3. The molecular weight excluding hydrogens is 400 g/mol. The molecule has 0 aliphatic rings. The summed E-state index contributed by atoms with van der Waals surface area (Å²) in [6, 6.07) is 8.11. The van der Waals surface area contributed by atoms with E-state index in [-0.39, 0.29) is 41.5 Å². The lowest BCUT2D eigenvalue weighted by Crippen LogP contribution is -2.15. The summed E-state index contributed by atoms with van der Waals surface area (Å²) < 4.78 is 0. The molecular formula is C28H42O4. The number of aromatic hydroxyl groups is 2. The van der Waals surface area contributed by atoms with Gasteiger partial charge in [-0.1, -0.05) is 72.7 Å². The maximum Gasteiger partial charge on any atom is 0.123 e. The van der Waals surface area contributed by atoms with Crippen molar-refractivity contribution in [2.24, 2.45) is 0 Å². The molecule has 2 aromatic carbocycles. The first-order valence-corrected chi connectivity index (χ1v) is 11.8. The second kappa shape index (κ2) is 10.3. The zero-order valence-electron chi connectivity index (χ0n) is 20.9. The Hall–Kier alpha value is -2.04. The number of aryl methyl sites for hydroxylation is 2. The quantitative estimate of drug-likeness (QED) is 0.423.